The summed E-state index contributed by atoms with van der Waals surface area (Å²) in [7, 11) is 0. The number of rotatable bonds is 6. The Labute approximate surface area is 179 Å². The number of nitrogens with one attached hydrogen (secondary N) is 2. The molecule has 7 nitrogen and oxygen atoms in total. The summed E-state index contributed by atoms with van der Waals surface area (Å²) < 4.78 is 19.9. The molecule has 0 fully saturated rings. The molecule has 0 bridgehead atoms. The fraction of sp³-hybridized carbons (Fsp3) is 0.0909. The first-order chi connectivity index (χ1) is 15.2. The summed E-state index contributed by atoms with van der Waals surface area (Å²) in [5, 5.41) is 8.27. The molecule has 2 aromatic carbocycles. The van der Waals surface area contributed by atoms with Crippen LogP contribution in [-0.4, -0.2) is 26.7 Å². The summed E-state index contributed by atoms with van der Waals surface area (Å²) in [5.41, 5.74) is 2.73. The molecule has 9 heteroatoms. The summed E-state index contributed by atoms with van der Waals surface area (Å²) in [5.74, 6) is 0.743. The van der Waals surface area contributed by atoms with Crippen LogP contribution in [0.2, 0.25) is 0 Å². The molecule has 0 saturated carbocycles. The Hall–Kier alpha value is -3.85. The van der Waals surface area contributed by atoms with Gasteiger partial charge in [0.05, 0.1) is 10.4 Å². The second kappa shape index (κ2) is 8.11. The average Bonchev–Trinajstić information content (AvgIpc) is 3.43. The lowest BCUT2D eigenvalue weighted by molar-refractivity contribution is 0.424. The predicted octanol–water partition coefficient (Wildman–Crippen LogP) is 4.50. The van der Waals surface area contributed by atoms with Crippen LogP contribution in [0.3, 0.4) is 0 Å². The van der Waals surface area contributed by atoms with E-state index >= 15 is 0 Å². The van der Waals surface area contributed by atoms with Crippen LogP contribution in [-0.2, 0) is 6.42 Å². The number of aromatic nitrogens is 4. The molecule has 5 rings (SSSR count). The molecule has 0 unspecified atom stereocenters. The Morgan fingerprint density at radius 2 is 1.90 bits per heavy atom. The Morgan fingerprint density at radius 1 is 1.06 bits per heavy atom. The van der Waals surface area contributed by atoms with Crippen LogP contribution in [0.1, 0.15) is 5.56 Å². The maximum Gasteiger partial charge on any atom is 0.377 e. The van der Waals surface area contributed by atoms with Crippen LogP contribution in [0.25, 0.3) is 32.8 Å². The zero-order valence-corrected chi connectivity index (χ0v) is 16.9. The maximum absolute atomic E-state index is 14.2. The molecule has 3 aromatic heterocycles. The Bertz CT molecular complexity index is 1410. The first-order valence-corrected chi connectivity index (χ1v) is 10.4. The summed E-state index contributed by atoms with van der Waals surface area (Å²) in [4.78, 5) is 23.5. The molecular weight excluding hydrogens is 417 g/mol. The molecule has 2 N–H and O–H groups in total. The van der Waals surface area contributed by atoms with E-state index in [1.165, 1.54) is 17.7 Å². The third-order valence-electron chi connectivity index (χ3n) is 4.82. The highest BCUT2D eigenvalue weighted by atomic mass is 32.1. The third-order valence-corrected chi connectivity index (χ3v) is 5.76. The van der Waals surface area contributed by atoms with Crippen LogP contribution in [0.5, 0.6) is 0 Å². The van der Waals surface area contributed by atoms with Gasteiger partial charge in [0.1, 0.15) is 18.0 Å². The number of nitrogens with zero attached hydrogens (tertiary/aromatic N) is 3. The molecule has 31 heavy (non-hydrogen) atoms. The van der Waals surface area contributed by atoms with E-state index in [2.05, 4.69) is 25.4 Å². The lowest BCUT2D eigenvalue weighted by Crippen LogP contribution is -2.07. The van der Waals surface area contributed by atoms with Gasteiger partial charge in [0.2, 0.25) is 0 Å². The molecule has 0 aliphatic heterocycles. The number of H-pyrrole nitrogens is 1. The van der Waals surface area contributed by atoms with Crippen LogP contribution < -0.4 is 11.0 Å². The van der Waals surface area contributed by atoms with E-state index in [0.717, 1.165) is 22.2 Å². The van der Waals surface area contributed by atoms with Crippen molar-refractivity contribution in [2.75, 3.05) is 11.9 Å². The van der Waals surface area contributed by atoms with Crippen molar-refractivity contribution in [3.05, 3.63) is 82.1 Å². The third kappa shape index (κ3) is 4.08. The van der Waals surface area contributed by atoms with Crippen molar-refractivity contribution in [2.45, 2.75) is 6.42 Å². The van der Waals surface area contributed by atoms with Crippen molar-refractivity contribution >= 4 is 27.2 Å². The van der Waals surface area contributed by atoms with Crippen molar-refractivity contribution in [3.8, 4) is 22.7 Å². The number of hydrogen-bond donors (Lipinski definition) is 2. The SMILES string of the molecule is O=c1nc(-c2ccc(-c3cc(NCCc4cc(F)c5sccc5c4)ncn3)cc2)o[nH]1. The lowest BCUT2D eigenvalue weighted by Gasteiger charge is -2.08. The first kappa shape index (κ1) is 19.1. The number of thiophene rings is 1. The molecule has 0 amide bonds. The van der Waals surface area contributed by atoms with Gasteiger partial charge in [-0.1, -0.05) is 18.2 Å². The minimum Gasteiger partial charge on any atom is -0.370 e. The molecule has 154 valence electrons. The van der Waals surface area contributed by atoms with Gasteiger partial charge in [-0.2, -0.15) is 10.1 Å². The van der Waals surface area contributed by atoms with Crippen LogP contribution >= 0.6 is 11.3 Å². The number of aromatic amines is 1. The van der Waals surface area contributed by atoms with Crippen molar-refractivity contribution in [1.29, 1.82) is 0 Å². The smallest absolute Gasteiger partial charge is 0.370 e. The Balaban J connectivity index is 1.27. The number of anilines is 1. The van der Waals surface area contributed by atoms with Gasteiger partial charge in [0.15, 0.2) is 0 Å². The number of hydrogen-bond acceptors (Lipinski definition) is 7. The van der Waals surface area contributed by atoms with Gasteiger partial charge >= 0.3 is 5.69 Å². The van der Waals surface area contributed by atoms with Gasteiger partial charge in [0.25, 0.3) is 5.89 Å². The molecule has 0 aliphatic carbocycles. The molecular formula is C22H16FN5O2S. The fourth-order valence-electron chi connectivity index (χ4n) is 3.32. The van der Waals surface area contributed by atoms with Gasteiger partial charge in [0, 0.05) is 23.7 Å². The highest BCUT2D eigenvalue weighted by Gasteiger charge is 2.08. The van der Waals surface area contributed by atoms with E-state index in [4.69, 9.17) is 4.52 Å². The molecule has 0 spiro atoms. The molecule has 0 atom stereocenters. The largest absolute Gasteiger partial charge is 0.377 e. The quantitative estimate of drug-likeness (QED) is 0.409. The highest BCUT2D eigenvalue weighted by molar-refractivity contribution is 7.17. The highest BCUT2D eigenvalue weighted by Crippen LogP contribution is 2.26. The molecule has 0 saturated heterocycles. The van der Waals surface area contributed by atoms with Crippen molar-refractivity contribution in [3.63, 3.8) is 0 Å². The second-order valence-electron chi connectivity index (χ2n) is 6.89. The van der Waals surface area contributed by atoms with E-state index in [1.54, 1.807) is 18.2 Å². The van der Waals surface area contributed by atoms with E-state index in [1.807, 2.05) is 35.7 Å². The maximum atomic E-state index is 14.2. The number of benzene rings is 2. The van der Waals surface area contributed by atoms with Crippen LogP contribution in [0, 0.1) is 5.82 Å². The van der Waals surface area contributed by atoms with E-state index in [0.29, 0.717) is 29.0 Å². The standard InChI is InChI=1S/C22H16FN5O2S/c23-17-10-13(9-16-6-8-31-20(16)17)5-7-24-19-11-18(25-12-26-19)14-1-3-15(4-2-14)21-27-22(29)28-30-21/h1-4,6,8-12H,5,7H2,(H,28,29)(H,24,25,26). The molecule has 0 radical (unpaired) electrons. The summed E-state index contributed by atoms with van der Waals surface area (Å²) >= 11 is 1.41. The fourth-order valence-corrected chi connectivity index (χ4v) is 4.11. The van der Waals surface area contributed by atoms with Gasteiger partial charge in [-0.25, -0.2) is 19.2 Å². The molecule has 3 heterocycles. The average molecular weight is 433 g/mol. The Morgan fingerprint density at radius 3 is 2.71 bits per heavy atom. The normalized spacial score (nSPS) is 11.1. The Kier molecular flexibility index (Phi) is 5.01. The van der Waals surface area contributed by atoms with Gasteiger partial charge in [-0.05, 0) is 47.0 Å². The first-order valence-electron chi connectivity index (χ1n) is 9.53. The van der Waals surface area contributed by atoms with Crippen molar-refractivity contribution in [1.82, 2.24) is 20.1 Å². The minimum atomic E-state index is -0.524. The topological polar surface area (TPSA) is 96.7 Å². The van der Waals surface area contributed by atoms with Gasteiger partial charge in [-0.15, -0.1) is 11.3 Å². The predicted molar refractivity (Wildman–Crippen MR) is 118 cm³/mol. The zero-order valence-electron chi connectivity index (χ0n) is 16.1. The summed E-state index contributed by atoms with van der Waals surface area (Å²) in [6, 6.07) is 14.7. The number of fused-ring (bicyclic) bond motifs is 1. The zero-order chi connectivity index (χ0) is 21.2. The van der Waals surface area contributed by atoms with Gasteiger partial charge < -0.3 is 9.84 Å². The van der Waals surface area contributed by atoms with Crippen LogP contribution in [0.15, 0.2) is 69.6 Å². The monoisotopic (exact) mass is 433 g/mol. The van der Waals surface area contributed by atoms with Crippen molar-refractivity contribution < 1.29 is 8.91 Å². The molecule has 0 aliphatic rings. The number of halogens is 1. The van der Waals surface area contributed by atoms with Gasteiger partial charge in [-0.3, -0.25) is 0 Å². The molecule has 5 aromatic rings. The van der Waals surface area contributed by atoms with Crippen molar-refractivity contribution in [2.24, 2.45) is 0 Å². The lowest BCUT2D eigenvalue weighted by atomic mass is 10.1. The summed E-state index contributed by atoms with van der Waals surface area (Å²) in [6.45, 7) is 0.614. The minimum absolute atomic E-state index is 0.176. The summed E-state index contributed by atoms with van der Waals surface area (Å²) in [6.07, 6.45) is 2.17. The van der Waals surface area contributed by atoms with E-state index in [-0.39, 0.29) is 11.7 Å². The second-order valence-corrected chi connectivity index (χ2v) is 7.80. The van der Waals surface area contributed by atoms with E-state index < -0.39 is 5.69 Å². The van der Waals surface area contributed by atoms with Crippen LogP contribution in [0.4, 0.5) is 10.2 Å². The van der Waals surface area contributed by atoms with E-state index in [9.17, 15) is 9.18 Å².